The van der Waals surface area contributed by atoms with Crippen molar-refractivity contribution in [1.82, 2.24) is 10.2 Å². The maximum atomic E-state index is 12.0. The van der Waals surface area contributed by atoms with Crippen molar-refractivity contribution in [2.75, 3.05) is 6.54 Å². The number of nitrogens with zero attached hydrogens (tertiary/aromatic N) is 1. The summed E-state index contributed by atoms with van der Waals surface area (Å²) in [6, 6.07) is 1.14. The largest absolute Gasteiger partial charge is 0.355 e. The summed E-state index contributed by atoms with van der Waals surface area (Å²) in [6.07, 6.45) is 3.22. The Morgan fingerprint density at radius 2 is 1.88 bits per heavy atom. The lowest BCUT2D eigenvalue weighted by atomic mass is 10.2. The molecule has 3 N–H and O–H groups in total. The van der Waals surface area contributed by atoms with E-state index in [1.807, 2.05) is 13.8 Å². The van der Waals surface area contributed by atoms with Crippen LogP contribution in [0, 0.1) is 0 Å². The van der Waals surface area contributed by atoms with Crippen LogP contribution in [-0.2, 0) is 4.79 Å². The SMILES string of the molecule is CC(N)CCNC(=O)C(C)N1C(C)CCC1C. The van der Waals surface area contributed by atoms with Crippen molar-refractivity contribution in [2.24, 2.45) is 5.73 Å². The second-order valence-corrected chi connectivity index (χ2v) is 5.46. The van der Waals surface area contributed by atoms with Crippen molar-refractivity contribution in [3.63, 3.8) is 0 Å². The van der Waals surface area contributed by atoms with E-state index in [9.17, 15) is 4.79 Å². The molecule has 1 fully saturated rings. The van der Waals surface area contributed by atoms with Crippen LogP contribution in [0.1, 0.15) is 47.0 Å². The van der Waals surface area contributed by atoms with Gasteiger partial charge in [-0.1, -0.05) is 0 Å². The maximum Gasteiger partial charge on any atom is 0.237 e. The van der Waals surface area contributed by atoms with Gasteiger partial charge in [0, 0.05) is 24.7 Å². The summed E-state index contributed by atoms with van der Waals surface area (Å²) in [4.78, 5) is 14.3. The normalized spacial score (nSPS) is 29.0. The van der Waals surface area contributed by atoms with E-state index in [2.05, 4.69) is 24.1 Å². The third-order valence-corrected chi connectivity index (χ3v) is 3.75. The zero-order valence-corrected chi connectivity index (χ0v) is 11.6. The smallest absolute Gasteiger partial charge is 0.237 e. The molecule has 0 bridgehead atoms. The second kappa shape index (κ2) is 6.36. The van der Waals surface area contributed by atoms with Crippen LogP contribution >= 0.6 is 0 Å². The van der Waals surface area contributed by atoms with E-state index in [0.717, 1.165) is 6.42 Å². The van der Waals surface area contributed by atoms with Crippen LogP contribution in [0.3, 0.4) is 0 Å². The second-order valence-electron chi connectivity index (χ2n) is 5.46. The molecule has 1 aliphatic rings. The van der Waals surface area contributed by atoms with E-state index >= 15 is 0 Å². The Kier molecular flexibility index (Phi) is 5.40. The zero-order chi connectivity index (χ0) is 13.0. The molecule has 1 amide bonds. The number of rotatable bonds is 5. The number of carbonyl (C=O) groups excluding carboxylic acids is 1. The molecule has 0 saturated carbocycles. The van der Waals surface area contributed by atoms with Crippen LogP contribution in [-0.4, -0.2) is 41.5 Å². The first-order valence-electron chi connectivity index (χ1n) is 6.74. The Morgan fingerprint density at radius 1 is 1.35 bits per heavy atom. The molecule has 1 aliphatic heterocycles. The lowest BCUT2D eigenvalue weighted by Gasteiger charge is -2.31. The van der Waals surface area contributed by atoms with E-state index in [1.165, 1.54) is 12.8 Å². The molecule has 0 aromatic rings. The molecule has 17 heavy (non-hydrogen) atoms. The number of hydrogen-bond acceptors (Lipinski definition) is 3. The molecule has 4 atom stereocenters. The predicted molar refractivity (Wildman–Crippen MR) is 70.7 cm³/mol. The first-order chi connectivity index (χ1) is 7.93. The van der Waals surface area contributed by atoms with Gasteiger partial charge in [-0.15, -0.1) is 0 Å². The van der Waals surface area contributed by atoms with Gasteiger partial charge in [0.05, 0.1) is 6.04 Å². The Labute approximate surface area is 105 Å². The highest BCUT2D eigenvalue weighted by Crippen LogP contribution is 2.25. The van der Waals surface area contributed by atoms with Crippen molar-refractivity contribution in [3.8, 4) is 0 Å². The molecule has 0 radical (unpaired) electrons. The molecule has 0 aliphatic carbocycles. The minimum atomic E-state index is -0.0319. The Balaban J connectivity index is 2.40. The van der Waals surface area contributed by atoms with Crippen molar-refractivity contribution in [3.05, 3.63) is 0 Å². The highest BCUT2D eigenvalue weighted by molar-refractivity contribution is 5.81. The van der Waals surface area contributed by atoms with Gasteiger partial charge in [0.2, 0.25) is 5.91 Å². The van der Waals surface area contributed by atoms with Gasteiger partial charge >= 0.3 is 0 Å². The van der Waals surface area contributed by atoms with Gasteiger partial charge in [-0.2, -0.15) is 0 Å². The highest BCUT2D eigenvalue weighted by atomic mass is 16.2. The molecular weight excluding hydrogens is 214 g/mol. The molecule has 1 saturated heterocycles. The van der Waals surface area contributed by atoms with Gasteiger partial charge in [-0.25, -0.2) is 0 Å². The molecule has 0 spiro atoms. The number of amides is 1. The number of likely N-dealkylation sites (tertiary alicyclic amines) is 1. The fraction of sp³-hybridized carbons (Fsp3) is 0.923. The lowest BCUT2D eigenvalue weighted by molar-refractivity contribution is -0.126. The van der Waals surface area contributed by atoms with Crippen LogP contribution in [0.15, 0.2) is 0 Å². The van der Waals surface area contributed by atoms with Gasteiger partial charge < -0.3 is 11.1 Å². The summed E-state index contributed by atoms with van der Waals surface area (Å²) >= 11 is 0. The molecule has 4 heteroatoms. The number of nitrogens with one attached hydrogen (secondary N) is 1. The molecule has 4 unspecified atom stereocenters. The fourth-order valence-electron chi connectivity index (χ4n) is 2.68. The molecule has 0 aromatic carbocycles. The van der Waals surface area contributed by atoms with Gasteiger partial charge in [0.1, 0.15) is 0 Å². The van der Waals surface area contributed by atoms with Crippen molar-refractivity contribution in [2.45, 2.75) is 71.1 Å². The summed E-state index contributed by atoms with van der Waals surface area (Å²) < 4.78 is 0. The van der Waals surface area contributed by atoms with E-state index in [0.29, 0.717) is 18.6 Å². The van der Waals surface area contributed by atoms with Crippen molar-refractivity contribution >= 4 is 5.91 Å². The van der Waals surface area contributed by atoms with Gasteiger partial charge in [0.15, 0.2) is 0 Å². The topological polar surface area (TPSA) is 58.4 Å². The Bertz CT molecular complexity index is 245. The number of nitrogens with two attached hydrogens (primary N) is 1. The summed E-state index contributed by atoms with van der Waals surface area (Å²) in [5, 5.41) is 2.97. The molecule has 1 rings (SSSR count). The van der Waals surface area contributed by atoms with Gasteiger partial charge in [-0.3, -0.25) is 9.69 Å². The molecule has 0 aromatic heterocycles. The third-order valence-electron chi connectivity index (χ3n) is 3.75. The summed E-state index contributed by atoms with van der Waals surface area (Å²) in [6.45, 7) is 9.04. The van der Waals surface area contributed by atoms with Crippen LogP contribution in [0.2, 0.25) is 0 Å². The van der Waals surface area contributed by atoms with E-state index in [4.69, 9.17) is 5.73 Å². The van der Waals surface area contributed by atoms with Crippen LogP contribution < -0.4 is 11.1 Å². The van der Waals surface area contributed by atoms with Crippen LogP contribution in [0.4, 0.5) is 0 Å². The minimum Gasteiger partial charge on any atom is -0.355 e. The lowest BCUT2D eigenvalue weighted by Crippen LogP contribution is -2.49. The summed E-state index contributed by atoms with van der Waals surface area (Å²) in [5.74, 6) is 0.131. The average molecular weight is 241 g/mol. The molecular formula is C13H27N3O. The zero-order valence-electron chi connectivity index (χ0n) is 11.6. The average Bonchev–Trinajstić information content (AvgIpc) is 2.57. The van der Waals surface area contributed by atoms with Crippen molar-refractivity contribution < 1.29 is 4.79 Å². The molecule has 100 valence electrons. The molecule has 1 heterocycles. The highest BCUT2D eigenvalue weighted by Gasteiger charge is 2.33. The summed E-state index contributed by atoms with van der Waals surface area (Å²) in [7, 11) is 0. The van der Waals surface area contributed by atoms with E-state index in [-0.39, 0.29) is 18.0 Å². The number of hydrogen-bond donors (Lipinski definition) is 2. The minimum absolute atomic E-state index is 0.0319. The maximum absolute atomic E-state index is 12.0. The van der Waals surface area contributed by atoms with E-state index < -0.39 is 0 Å². The Hall–Kier alpha value is -0.610. The Morgan fingerprint density at radius 3 is 2.35 bits per heavy atom. The predicted octanol–water partition coefficient (Wildman–Crippen LogP) is 1.10. The fourth-order valence-corrected chi connectivity index (χ4v) is 2.68. The van der Waals surface area contributed by atoms with Crippen molar-refractivity contribution in [1.29, 1.82) is 0 Å². The first-order valence-corrected chi connectivity index (χ1v) is 6.74. The quantitative estimate of drug-likeness (QED) is 0.758. The standard InChI is InChI=1S/C13H27N3O/c1-9(14)7-8-15-13(17)12(4)16-10(2)5-6-11(16)3/h9-12H,5-8,14H2,1-4H3,(H,15,17). The van der Waals surface area contributed by atoms with E-state index in [1.54, 1.807) is 0 Å². The van der Waals surface area contributed by atoms with Crippen LogP contribution in [0.25, 0.3) is 0 Å². The monoisotopic (exact) mass is 241 g/mol. The van der Waals surface area contributed by atoms with Gasteiger partial charge in [-0.05, 0) is 47.0 Å². The summed E-state index contributed by atoms with van der Waals surface area (Å²) in [5.41, 5.74) is 5.66. The molecule has 4 nitrogen and oxygen atoms in total. The van der Waals surface area contributed by atoms with Crippen LogP contribution in [0.5, 0.6) is 0 Å². The van der Waals surface area contributed by atoms with Gasteiger partial charge in [0.25, 0.3) is 0 Å². The first kappa shape index (κ1) is 14.5. The third kappa shape index (κ3) is 3.96. The number of carbonyl (C=O) groups is 1.